The molecule has 2 N–H and O–H groups in total. The van der Waals surface area contributed by atoms with Crippen molar-refractivity contribution in [3.05, 3.63) is 36.0 Å². The van der Waals surface area contributed by atoms with E-state index in [-0.39, 0.29) is 5.91 Å². The van der Waals surface area contributed by atoms with Crippen LogP contribution in [0.4, 0.5) is 0 Å². The minimum absolute atomic E-state index is 0.0717. The molecule has 0 radical (unpaired) electrons. The lowest BCUT2D eigenvalue weighted by Crippen LogP contribution is -2.51. The molecule has 0 bridgehead atoms. The first kappa shape index (κ1) is 18.0. The van der Waals surface area contributed by atoms with E-state index < -0.39 is 0 Å². The number of carbonyl (C=O) groups is 1. The van der Waals surface area contributed by atoms with Crippen molar-refractivity contribution in [1.82, 2.24) is 20.4 Å². The summed E-state index contributed by atoms with van der Waals surface area (Å²) in [7, 11) is 1.63. The third kappa shape index (κ3) is 3.72. The summed E-state index contributed by atoms with van der Waals surface area (Å²) in [5, 5.41) is 10.2. The number of aromatic amines is 1. The van der Waals surface area contributed by atoms with Gasteiger partial charge in [-0.15, -0.1) is 0 Å². The number of nitrogens with zero attached hydrogens (tertiary/aromatic N) is 2. The van der Waals surface area contributed by atoms with Crippen LogP contribution in [0.1, 0.15) is 42.5 Å². The average Bonchev–Trinajstić information content (AvgIpc) is 3.21. The molecule has 27 heavy (non-hydrogen) atoms. The fourth-order valence-electron chi connectivity index (χ4n) is 4.65. The molecule has 2 aromatic rings. The van der Waals surface area contributed by atoms with E-state index >= 15 is 0 Å². The van der Waals surface area contributed by atoms with Crippen molar-refractivity contribution in [2.24, 2.45) is 5.92 Å². The molecular weight excluding hydrogens is 340 g/mol. The van der Waals surface area contributed by atoms with Gasteiger partial charge in [0.1, 0.15) is 5.75 Å². The lowest BCUT2D eigenvalue weighted by Gasteiger charge is -2.44. The Morgan fingerprint density at radius 1 is 1.26 bits per heavy atom. The third-order valence-electron chi connectivity index (χ3n) is 6.01. The molecule has 2 saturated heterocycles. The summed E-state index contributed by atoms with van der Waals surface area (Å²) in [4.78, 5) is 15.5. The van der Waals surface area contributed by atoms with Crippen LogP contribution >= 0.6 is 0 Å². The summed E-state index contributed by atoms with van der Waals surface area (Å²) in [5.41, 5.74) is 2.11. The zero-order valence-corrected chi connectivity index (χ0v) is 15.9. The fourth-order valence-corrected chi connectivity index (χ4v) is 4.65. The lowest BCUT2D eigenvalue weighted by molar-refractivity contribution is 0.0576. The molecule has 4 rings (SSSR count). The number of hydrogen-bond acceptors (Lipinski definition) is 4. The van der Waals surface area contributed by atoms with Crippen LogP contribution < -0.4 is 10.1 Å². The Balaban J connectivity index is 1.46. The number of benzene rings is 1. The second-order valence-electron chi connectivity index (χ2n) is 7.57. The van der Waals surface area contributed by atoms with Gasteiger partial charge in [0, 0.05) is 18.2 Å². The summed E-state index contributed by atoms with van der Waals surface area (Å²) in [6.45, 7) is 3.17. The third-order valence-corrected chi connectivity index (χ3v) is 6.01. The number of carbonyl (C=O) groups excluding carboxylic acids is 1. The monoisotopic (exact) mass is 368 g/mol. The number of hydrogen-bond donors (Lipinski definition) is 2. The van der Waals surface area contributed by atoms with Crippen LogP contribution in [-0.2, 0) is 0 Å². The van der Waals surface area contributed by atoms with Gasteiger partial charge < -0.3 is 15.0 Å². The van der Waals surface area contributed by atoms with E-state index in [4.69, 9.17) is 4.74 Å². The SMILES string of the molecule is COc1ccccc1-c1[nH]ncc1C(=O)NC[C@@H]1CCCN2CCCC[C@H]12. The van der Waals surface area contributed by atoms with Crippen LogP contribution in [0.2, 0.25) is 0 Å². The van der Waals surface area contributed by atoms with E-state index in [1.807, 2.05) is 24.3 Å². The number of fused-ring (bicyclic) bond motifs is 1. The number of rotatable bonds is 5. The Labute approximate surface area is 160 Å². The number of piperidine rings is 2. The Morgan fingerprint density at radius 2 is 2.11 bits per heavy atom. The maximum atomic E-state index is 12.9. The van der Waals surface area contributed by atoms with E-state index in [2.05, 4.69) is 20.4 Å². The molecule has 2 fully saturated rings. The van der Waals surface area contributed by atoms with Crippen LogP contribution in [-0.4, -0.2) is 53.8 Å². The van der Waals surface area contributed by atoms with Crippen LogP contribution in [0.5, 0.6) is 5.75 Å². The molecule has 1 amide bonds. The van der Waals surface area contributed by atoms with Crippen LogP contribution in [0.25, 0.3) is 11.3 Å². The smallest absolute Gasteiger partial charge is 0.255 e. The highest BCUT2D eigenvalue weighted by molar-refractivity contribution is 6.00. The van der Waals surface area contributed by atoms with Crippen molar-refractivity contribution in [2.45, 2.75) is 38.1 Å². The van der Waals surface area contributed by atoms with Crippen molar-refractivity contribution in [3.8, 4) is 17.0 Å². The Kier molecular flexibility index (Phi) is 5.43. The number of aromatic nitrogens is 2. The molecule has 2 aliphatic rings. The molecule has 1 aromatic carbocycles. The Bertz CT molecular complexity index is 786. The number of H-pyrrole nitrogens is 1. The predicted molar refractivity (Wildman–Crippen MR) is 105 cm³/mol. The van der Waals surface area contributed by atoms with Gasteiger partial charge in [0.05, 0.1) is 24.6 Å². The first-order valence-corrected chi connectivity index (χ1v) is 9.97. The highest BCUT2D eigenvalue weighted by Crippen LogP contribution is 2.32. The zero-order valence-electron chi connectivity index (χ0n) is 15.9. The van der Waals surface area contributed by atoms with Gasteiger partial charge in [0.25, 0.3) is 5.91 Å². The predicted octanol–water partition coefficient (Wildman–Crippen LogP) is 3.08. The molecule has 2 aliphatic heterocycles. The van der Waals surface area contributed by atoms with Gasteiger partial charge in [-0.1, -0.05) is 18.6 Å². The summed E-state index contributed by atoms with van der Waals surface area (Å²) in [6, 6.07) is 8.30. The van der Waals surface area contributed by atoms with E-state index in [9.17, 15) is 4.79 Å². The topological polar surface area (TPSA) is 70.2 Å². The van der Waals surface area contributed by atoms with Crippen LogP contribution in [0, 0.1) is 5.92 Å². The number of nitrogens with one attached hydrogen (secondary N) is 2. The van der Waals surface area contributed by atoms with E-state index in [0.717, 1.165) is 17.9 Å². The van der Waals surface area contributed by atoms with Gasteiger partial charge >= 0.3 is 0 Å². The molecule has 6 nitrogen and oxygen atoms in total. The minimum Gasteiger partial charge on any atom is -0.496 e. The van der Waals surface area contributed by atoms with Crippen molar-refractivity contribution in [1.29, 1.82) is 0 Å². The summed E-state index contributed by atoms with van der Waals surface area (Å²) < 4.78 is 5.43. The molecular formula is C21H28N4O2. The Hall–Kier alpha value is -2.34. The normalized spacial score (nSPS) is 22.9. The standard InChI is InChI=1S/C21H28N4O2/c1-27-19-10-3-2-8-16(19)20-17(14-23-24-20)21(26)22-13-15-7-6-12-25-11-5-4-9-18(15)25/h2-3,8,10,14-15,18H,4-7,9,11-13H2,1H3,(H,22,26)(H,23,24)/t15-,18+/m0/s1. The minimum atomic E-state index is -0.0717. The van der Waals surface area contributed by atoms with E-state index in [0.29, 0.717) is 23.2 Å². The molecule has 0 aliphatic carbocycles. The van der Waals surface area contributed by atoms with Gasteiger partial charge in [-0.2, -0.15) is 5.10 Å². The van der Waals surface area contributed by atoms with Crippen molar-refractivity contribution >= 4 is 5.91 Å². The van der Waals surface area contributed by atoms with Crippen molar-refractivity contribution < 1.29 is 9.53 Å². The molecule has 2 atom stereocenters. The number of ether oxygens (including phenoxy) is 1. The number of amides is 1. The second kappa shape index (κ2) is 8.13. The highest BCUT2D eigenvalue weighted by Gasteiger charge is 2.33. The van der Waals surface area contributed by atoms with Gasteiger partial charge in [-0.3, -0.25) is 9.89 Å². The maximum Gasteiger partial charge on any atom is 0.255 e. The highest BCUT2D eigenvalue weighted by atomic mass is 16.5. The lowest BCUT2D eigenvalue weighted by atomic mass is 9.83. The molecule has 0 saturated carbocycles. The number of para-hydroxylation sites is 1. The maximum absolute atomic E-state index is 12.9. The van der Waals surface area contributed by atoms with Crippen LogP contribution in [0.15, 0.2) is 30.5 Å². The van der Waals surface area contributed by atoms with Crippen LogP contribution in [0.3, 0.4) is 0 Å². The van der Waals surface area contributed by atoms with Gasteiger partial charge in [0.15, 0.2) is 0 Å². The van der Waals surface area contributed by atoms with Crippen molar-refractivity contribution in [3.63, 3.8) is 0 Å². The first-order chi connectivity index (χ1) is 13.3. The van der Waals surface area contributed by atoms with Gasteiger partial charge in [-0.25, -0.2) is 0 Å². The average molecular weight is 368 g/mol. The summed E-state index contributed by atoms with van der Waals surface area (Å²) >= 11 is 0. The zero-order chi connectivity index (χ0) is 18.6. The number of methoxy groups -OCH3 is 1. The molecule has 144 valence electrons. The summed E-state index contributed by atoms with van der Waals surface area (Å²) in [6.07, 6.45) is 7.92. The quantitative estimate of drug-likeness (QED) is 0.851. The van der Waals surface area contributed by atoms with E-state index in [1.54, 1.807) is 13.3 Å². The van der Waals surface area contributed by atoms with E-state index in [1.165, 1.54) is 45.2 Å². The summed E-state index contributed by atoms with van der Waals surface area (Å²) in [5.74, 6) is 1.20. The molecule has 3 heterocycles. The first-order valence-electron chi connectivity index (χ1n) is 9.97. The second-order valence-corrected chi connectivity index (χ2v) is 7.57. The molecule has 0 spiro atoms. The van der Waals surface area contributed by atoms with Gasteiger partial charge in [0.2, 0.25) is 0 Å². The fraction of sp³-hybridized carbons (Fsp3) is 0.524. The van der Waals surface area contributed by atoms with Gasteiger partial charge in [-0.05, 0) is 56.8 Å². The molecule has 1 aromatic heterocycles. The molecule has 0 unspecified atom stereocenters. The van der Waals surface area contributed by atoms with Crippen molar-refractivity contribution in [2.75, 3.05) is 26.7 Å². The molecule has 6 heteroatoms. The Morgan fingerprint density at radius 3 is 3.00 bits per heavy atom. The largest absolute Gasteiger partial charge is 0.496 e.